The van der Waals surface area contributed by atoms with E-state index in [2.05, 4.69) is 0 Å². The van der Waals surface area contributed by atoms with E-state index in [1.54, 1.807) is 48.5 Å². The lowest BCUT2D eigenvalue weighted by molar-refractivity contribution is 0.0706. The van der Waals surface area contributed by atoms with Crippen molar-refractivity contribution in [2.24, 2.45) is 0 Å². The second-order valence-electron chi connectivity index (χ2n) is 5.55. The summed E-state index contributed by atoms with van der Waals surface area (Å²) in [5.74, 6) is -0.713. The maximum absolute atomic E-state index is 12.6. The third-order valence-corrected chi connectivity index (χ3v) is 3.91. The van der Waals surface area contributed by atoms with Crippen LogP contribution in [0.5, 0.6) is 11.5 Å². The van der Waals surface area contributed by atoms with Crippen LogP contribution in [0.15, 0.2) is 72.8 Å². The van der Waals surface area contributed by atoms with Gasteiger partial charge in [-0.05, 0) is 48.9 Å². The summed E-state index contributed by atoms with van der Waals surface area (Å²) < 4.78 is 10.8. The Kier molecular flexibility index (Phi) is 5.34. The Balaban J connectivity index is 1.87. The van der Waals surface area contributed by atoms with E-state index in [9.17, 15) is 9.59 Å². The summed E-state index contributed by atoms with van der Waals surface area (Å²) >= 11 is 6.00. The van der Waals surface area contributed by atoms with Crippen LogP contribution in [0.3, 0.4) is 0 Å². The highest BCUT2D eigenvalue weighted by molar-refractivity contribution is 6.31. The summed E-state index contributed by atoms with van der Waals surface area (Å²) in [4.78, 5) is 24.9. The van der Waals surface area contributed by atoms with Crippen molar-refractivity contribution in [3.8, 4) is 11.5 Å². The molecule has 3 aromatic carbocycles. The first-order chi connectivity index (χ1) is 12.5. The highest BCUT2D eigenvalue weighted by Crippen LogP contribution is 2.26. The van der Waals surface area contributed by atoms with Crippen molar-refractivity contribution < 1.29 is 19.1 Å². The molecule has 130 valence electrons. The van der Waals surface area contributed by atoms with Crippen molar-refractivity contribution in [1.82, 2.24) is 0 Å². The maximum atomic E-state index is 12.6. The lowest BCUT2D eigenvalue weighted by atomic mass is 10.2. The van der Waals surface area contributed by atoms with E-state index in [4.69, 9.17) is 21.1 Å². The number of carbonyl (C=O) groups excluding carboxylic acids is 2. The normalized spacial score (nSPS) is 10.2. The van der Waals surface area contributed by atoms with Crippen molar-refractivity contribution >= 4 is 23.5 Å². The molecule has 0 saturated carbocycles. The molecule has 0 spiro atoms. The number of esters is 2. The molecule has 0 aliphatic rings. The predicted octanol–water partition coefficient (Wildman–Crippen LogP) is 5.09. The van der Waals surface area contributed by atoms with Crippen molar-refractivity contribution in [1.29, 1.82) is 0 Å². The summed E-state index contributed by atoms with van der Waals surface area (Å²) in [6.07, 6.45) is 0. The molecule has 4 nitrogen and oxygen atoms in total. The zero-order valence-electron chi connectivity index (χ0n) is 13.9. The highest BCUT2D eigenvalue weighted by atomic mass is 35.5. The highest BCUT2D eigenvalue weighted by Gasteiger charge is 2.19. The minimum Gasteiger partial charge on any atom is -0.423 e. The van der Waals surface area contributed by atoms with Crippen molar-refractivity contribution in [2.45, 2.75) is 6.92 Å². The van der Waals surface area contributed by atoms with Gasteiger partial charge in [0.2, 0.25) is 0 Å². The third kappa shape index (κ3) is 4.10. The van der Waals surface area contributed by atoms with Gasteiger partial charge in [0.25, 0.3) is 0 Å². The monoisotopic (exact) mass is 366 g/mol. The van der Waals surface area contributed by atoms with Crippen LogP contribution in [0, 0.1) is 6.92 Å². The van der Waals surface area contributed by atoms with Gasteiger partial charge in [0.15, 0.2) is 0 Å². The molecule has 0 N–H and O–H groups in total. The van der Waals surface area contributed by atoms with Gasteiger partial charge in [-0.25, -0.2) is 9.59 Å². The molecule has 0 aliphatic heterocycles. The second kappa shape index (κ2) is 7.85. The Morgan fingerprint density at radius 3 is 2.15 bits per heavy atom. The number of benzene rings is 3. The summed E-state index contributed by atoms with van der Waals surface area (Å²) in [5, 5.41) is 0.334. The SMILES string of the molecule is Cc1ccccc1OC(=O)c1cc(Cl)ccc1OC(=O)c1ccccc1. The van der Waals surface area contributed by atoms with Crippen LogP contribution < -0.4 is 9.47 Å². The number of rotatable bonds is 4. The van der Waals surface area contributed by atoms with Crippen LogP contribution in [-0.2, 0) is 0 Å². The molecule has 0 bridgehead atoms. The smallest absolute Gasteiger partial charge is 0.347 e. The minimum absolute atomic E-state index is 0.0741. The topological polar surface area (TPSA) is 52.6 Å². The van der Waals surface area contributed by atoms with Crippen LogP contribution in [0.25, 0.3) is 0 Å². The molecular formula is C21H15ClO4. The Hall–Kier alpha value is -3.11. The number of aryl methyl sites for hydroxylation is 1. The van der Waals surface area contributed by atoms with E-state index in [0.717, 1.165) is 5.56 Å². The quantitative estimate of drug-likeness (QED) is 0.477. The molecule has 0 amide bonds. The van der Waals surface area contributed by atoms with Crippen molar-refractivity contribution in [3.05, 3.63) is 94.5 Å². The molecule has 26 heavy (non-hydrogen) atoms. The van der Waals surface area contributed by atoms with Gasteiger partial charge < -0.3 is 9.47 Å². The molecular weight excluding hydrogens is 352 g/mol. The van der Waals surface area contributed by atoms with E-state index < -0.39 is 11.9 Å². The number of ether oxygens (including phenoxy) is 2. The average Bonchev–Trinajstić information content (AvgIpc) is 2.65. The molecule has 3 aromatic rings. The van der Waals surface area contributed by atoms with E-state index in [-0.39, 0.29) is 11.3 Å². The number of para-hydroxylation sites is 1. The zero-order valence-corrected chi connectivity index (χ0v) is 14.7. The number of hydrogen-bond donors (Lipinski definition) is 0. The second-order valence-corrected chi connectivity index (χ2v) is 5.99. The lowest BCUT2D eigenvalue weighted by Crippen LogP contribution is -2.15. The Labute approximate surface area is 155 Å². The lowest BCUT2D eigenvalue weighted by Gasteiger charge is -2.11. The first kappa shape index (κ1) is 17.7. The van der Waals surface area contributed by atoms with E-state index in [1.165, 1.54) is 12.1 Å². The van der Waals surface area contributed by atoms with Gasteiger partial charge in [-0.2, -0.15) is 0 Å². The van der Waals surface area contributed by atoms with Gasteiger partial charge in [0.1, 0.15) is 17.1 Å². The zero-order chi connectivity index (χ0) is 18.5. The molecule has 0 saturated heterocycles. The molecule has 5 heteroatoms. The van der Waals surface area contributed by atoms with Gasteiger partial charge in [-0.3, -0.25) is 0 Å². The third-order valence-electron chi connectivity index (χ3n) is 3.67. The molecule has 0 atom stereocenters. The summed E-state index contributed by atoms with van der Waals surface area (Å²) in [6, 6.07) is 20.1. The Bertz CT molecular complexity index is 951. The van der Waals surface area contributed by atoms with Crippen LogP contribution in [-0.4, -0.2) is 11.9 Å². The molecule has 0 unspecified atom stereocenters. The van der Waals surface area contributed by atoms with Gasteiger partial charge in [-0.15, -0.1) is 0 Å². The van der Waals surface area contributed by atoms with Crippen molar-refractivity contribution in [2.75, 3.05) is 0 Å². The van der Waals surface area contributed by atoms with Gasteiger partial charge in [0, 0.05) is 5.02 Å². The molecule has 3 rings (SSSR count). The van der Waals surface area contributed by atoms with Gasteiger partial charge >= 0.3 is 11.9 Å². The Morgan fingerprint density at radius 1 is 0.769 bits per heavy atom. The van der Waals surface area contributed by atoms with Crippen LogP contribution in [0.1, 0.15) is 26.3 Å². The largest absolute Gasteiger partial charge is 0.423 e. The van der Waals surface area contributed by atoms with Crippen LogP contribution >= 0.6 is 11.6 Å². The fourth-order valence-corrected chi connectivity index (χ4v) is 2.48. The fourth-order valence-electron chi connectivity index (χ4n) is 2.31. The van der Waals surface area contributed by atoms with Gasteiger partial charge in [-0.1, -0.05) is 48.0 Å². The first-order valence-electron chi connectivity index (χ1n) is 7.89. The molecule has 0 aromatic heterocycles. The van der Waals surface area contributed by atoms with Gasteiger partial charge in [0.05, 0.1) is 5.56 Å². The summed E-state index contributed by atoms with van der Waals surface area (Å²) in [5.41, 5.74) is 1.26. The molecule has 0 heterocycles. The van der Waals surface area contributed by atoms with E-state index in [1.807, 2.05) is 19.1 Å². The molecule has 0 fully saturated rings. The van der Waals surface area contributed by atoms with Crippen LogP contribution in [0.2, 0.25) is 5.02 Å². The summed E-state index contributed by atoms with van der Waals surface area (Å²) in [7, 11) is 0. The predicted molar refractivity (Wildman–Crippen MR) is 99.0 cm³/mol. The van der Waals surface area contributed by atoms with E-state index in [0.29, 0.717) is 16.3 Å². The standard InChI is InChI=1S/C21H15ClO4/c1-14-7-5-6-10-18(14)25-21(24)17-13-16(22)11-12-19(17)26-20(23)15-8-3-2-4-9-15/h2-13H,1H3. The van der Waals surface area contributed by atoms with E-state index >= 15 is 0 Å². The average molecular weight is 367 g/mol. The Morgan fingerprint density at radius 2 is 1.42 bits per heavy atom. The first-order valence-corrected chi connectivity index (χ1v) is 8.27. The number of carbonyl (C=O) groups is 2. The summed E-state index contributed by atoms with van der Waals surface area (Å²) in [6.45, 7) is 1.83. The van der Waals surface area contributed by atoms with Crippen molar-refractivity contribution in [3.63, 3.8) is 0 Å². The number of halogens is 1. The minimum atomic E-state index is -0.655. The maximum Gasteiger partial charge on any atom is 0.347 e. The molecule has 0 radical (unpaired) electrons. The molecule has 0 aliphatic carbocycles. The fraction of sp³-hybridized carbons (Fsp3) is 0.0476. The number of hydrogen-bond acceptors (Lipinski definition) is 4. The van der Waals surface area contributed by atoms with Crippen LogP contribution in [0.4, 0.5) is 0 Å².